The Balaban J connectivity index is 2.32. The second-order valence-electron chi connectivity index (χ2n) is 5.22. The summed E-state index contributed by atoms with van der Waals surface area (Å²) in [6.45, 7) is 7.00. The molecule has 2 rings (SSSR count). The number of rotatable bonds is 4. The fourth-order valence-electron chi connectivity index (χ4n) is 2.14. The van der Waals surface area contributed by atoms with Crippen molar-refractivity contribution in [2.45, 2.75) is 27.2 Å². The first-order valence-corrected chi connectivity index (χ1v) is 6.69. The molecule has 100 valence electrons. The first-order valence-electron chi connectivity index (χ1n) is 6.69. The van der Waals surface area contributed by atoms with Crippen molar-refractivity contribution in [3.63, 3.8) is 0 Å². The standard InChI is InChI=1S/C16H21N3/c1-11-4-5-14(13(3)8-11)15-6-7-18-16(19-15)9-12(2)10-17/h4-8,12H,9-10,17H2,1-3H3. The highest BCUT2D eigenvalue weighted by molar-refractivity contribution is 5.63. The minimum atomic E-state index is 0.411. The van der Waals surface area contributed by atoms with Crippen LogP contribution in [0.5, 0.6) is 0 Å². The van der Waals surface area contributed by atoms with Gasteiger partial charge >= 0.3 is 0 Å². The molecule has 19 heavy (non-hydrogen) atoms. The molecule has 3 nitrogen and oxygen atoms in total. The van der Waals surface area contributed by atoms with Gasteiger partial charge in [0, 0.05) is 18.2 Å². The summed E-state index contributed by atoms with van der Waals surface area (Å²) in [6.07, 6.45) is 2.66. The number of hydrogen-bond donors (Lipinski definition) is 1. The normalized spacial score (nSPS) is 12.4. The molecule has 2 N–H and O–H groups in total. The fraction of sp³-hybridized carbons (Fsp3) is 0.375. The van der Waals surface area contributed by atoms with Crippen LogP contribution >= 0.6 is 0 Å². The second-order valence-corrected chi connectivity index (χ2v) is 5.22. The molecule has 0 aliphatic heterocycles. The van der Waals surface area contributed by atoms with E-state index < -0.39 is 0 Å². The maximum atomic E-state index is 5.65. The quantitative estimate of drug-likeness (QED) is 0.914. The third kappa shape index (κ3) is 3.38. The molecule has 0 fully saturated rings. The number of hydrogen-bond acceptors (Lipinski definition) is 3. The molecule has 3 heteroatoms. The highest BCUT2D eigenvalue weighted by Gasteiger charge is 2.08. The van der Waals surface area contributed by atoms with Crippen molar-refractivity contribution >= 4 is 0 Å². The second kappa shape index (κ2) is 5.93. The topological polar surface area (TPSA) is 51.8 Å². The molecule has 1 unspecified atom stereocenters. The molecule has 1 aromatic heterocycles. The molecule has 0 spiro atoms. The Bertz CT molecular complexity index is 564. The molecule has 2 aromatic rings. The maximum Gasteiger partial charge on any atom is 0.129 e. The van der Waals surface area contributed by atoms with E-state index in [1.54, 1.807) is 0 Å². The predicted molar refractivity (Wildman–Crippen MR) is 78.9 cm³/mol. The number of nitrogens with two attached hydrogens (primary N) is 1. The van der Waals surface area contributed by atoms with Crippen LogP contribution in [0.2, 0.25) is 0 Å². The average molecular weight is 255 g/mol. The third-order valence-corrected chi connectivity index (χ3v) is 3.30. The molecular weight excluding hydrogens is 234 g/mol. The van der Waals surface area contributed by atoms with Gasteiger partial charge in [-0.15, -0.1) is 0 Å². The van der Waals surface area contributed by atoms with Crippen molar-refractivity contribution in [2.75, 3.05) is 6.54 Å². The third-order valence-electron chi connectivity index (χ3n) is 3.30. The van der Waals surface area contributed by atoms with Gasteiger partial charge in [-0.25, -0.2) is 9.97 Å². The summed E-state index contributed by atoms with van der Waals surface area (Å²) >= 11 is 0. The van der Waals surface area contributed by atoms with Crippen LogP contribution in [0, 0.1) is 19.8 Å². The van der Waals surface area contributed by atoms with Crippen molar-refractivity contribution in [3.8, 4) is 11.3 Å². The maximum absolute atomic E-state index is 5.65. The Labute approximate surface area is 114 Å². The Kier molecular flexibility index (Phi) is 4.27. The van der Waals surface area contributed by atoms with Crippen LogP contribution in [-0.2, 0) is 6.42 Å². The van der Waals surface area contributed by atoms with Crippen LogP contribution < -0.4 is 5.73 Å². The van der Waals surface area contributed by atoms with Gasteiger partial charge < -0.3 is 5.73 Å². The molecule has 0 radical (unpaired) electrons. The van der Waals surface area contributed by atoms with E-state index in [2.05, 4.69) is 48.9 Å². The monoisotopic (exact) mass is 255 g/mol. The molecule has 0 saturated carbocycles. The minimum absolute atomic E-state index is 0.411. The lowest BCUT2D eigenvalue weighted by Crippen LogP contribution is -2.14. The molecule has 1 aromatic carbocycles. The summed E-state index contributed by atoms with van der Waals surface area (Å²) in [5.74, 6) is 1.28. The van der Waals surface area contributed by atoms with E-state index in [1.807, 2.05) is 12.3 Å². The largest absolute Gasteiger partial charge is 0.330 e. The van der Waals surface area contributed by atoms with E-state index in [9.17, 15) is 0 Å². The van der Waals surface area contributed by atoms with Gasteiger partial charge in [0.05, 0.1) is 5.69 Å². The number of aromatic nitrogens is 2. The van der Waals surface area contributed by atoms with Gasteiger partial charge in [0.15, 0.2) is 0 Å². The van der Waals surface area contributed by atoms with Gasteiger partial charge in [-0.2, -0.15) is 0 Å². The molecule has 0 saturated heterocycles. The van der Waals surface area contributed by atoms with E-state index in [1.165, 1.54) is 16.7 Å². The summed E-state index contributed by atoms with van der Waals surface area (Å²) in [7, 11) is 0. The van der Waals surface area contributed by atoms with Gasteiger partial charge in [-0.3, -0.25) is 0 Å². The van der Waals surface area contributed by atoms with Gasteiger partial charge in [-0.05, 0) is 37.9 Å². The Morgan fingerprint density at radius 3 is 2.68 bits per heavy atom. The highest BCUT2D eigenvalue weighted by atomic mass is 14.9. The van der Waals surface area contributed by atoms with Crippen molar-refractivity contribution in [2.24, 2.45) is 11.7 Å². The van der Waals surface area contributed by atoms with Crippen molar-refractivity contribution in [3.05, 3.63) is 47.4 Å². The number of benzene rings is 1. The molecule has 0 aliphatic carbocycles. The predicted octanol–water partition coefficient (Wildman–Crippen LogP) is 2.90. The zero-order chi connectivity index (χ0) is 13.8. The summed E-state index contributed by atoms with van der Waals surface area (Å²) in [4.78, 5) is 8.99. The zero-order valence-electron chi connectivity index (χ0n) is 11.9. The lowest BCUT2D eigenvalue weighted by Gasteiger charge is -2.10. The van der Waals surface area contributed by atoms with E-state index in [0.717, 1.165) is 17.9 Å². The van der Waals surface area contributed by atoms with Gasteiger partial charge in [0.25, 0.3) is 0 Å². The van der Waals surface area contributed by atoms with Crippen LogP contribution in [0.15, 0.2) is 30.5 Å². The summed E-state index contributed by atoms with van der Waals surface area (Å²) in [6, 6.07) is 8.39. The molecule has 0 amide bonds. The van der Waals surface area contributed by atoms with E-state index in [0.29, 0.717) is 12.5 Å². The Morgan fingerprint density at radius 1 is 1.21 bits per heavy atom. The van der Waals surface area contributed by atoms with E-state index >= 15 is 0 Å². The summed E-state index contributed by atoms with van der Waals surface area (Å²) in [5, 5.41) is 0. The average Bonchev–Trinajstić information content (AvgIpc) is 2.39. The number of aryl methyl sites for hydroxylation is 2. The smallest absolute Gasteiger partial charge is 0.129 e. The molecule has 0 aliphatic rings. The van der Waals surface area contributed by atoms with Crippen LogP contribution in [-0.4, -0.2) is 16.5 Å². The van der Waals surface area contributed by atoms with Crippen LogP contribution in [0.25, 0.3) is 11.3 Å². The van der Waals surface area contributed by atoms with Crippen LogP contribution in [0.1, 0.15) is 23.9 Å². The lowest BCUT2D eigenvalue weighted by molar-refractivity contribution is 0.574. The van der Waals surface area contributed by atoms with Crippen molar-refractivity contribution in [1.29, 1.82) is 0 Å². The zero-order valence-corrected chi connectivity index (χ0v) is 11.9. The Hall–Kier alpha value is -1.74. The van der Waals surface area contributed by atoms with E-state index in [-0.39, 0.29) is 0 Å². The summed E-state index contributed by atoms with van der Waals surface area (Å²) in [5.41, 5.74) is 10.3. The fourth-order valence-corrected chi connectivity index (χ4v) is 2.14. The Morgan fingerprint density at radius 2 is 2.00 bits per heavy atom. The molecule has 1 heterocycles. The molecule has 0 bridgehead atoms. The lowest BCUT2D eigenvalue weighted by atomic mass is 10.0. The van der Waals surface area contributed by atoms with Gasteiger partial charge in [0.2, 0.25) is 0 Å². The van der Waals surface area contributed by atoms with Crippen LogP contribution in [0.3, 0.4) is 0 Å². The van der Waals surface area contributed by atoms with Crippen molar-refractivity contribution in [1.82, 2.24) is 9.97 Å². The SMILES string of the molecule is Cc1ccc(-c2ccnc(CC(C)CN)n2)c(C)c1. The highest BCUT2D eigenvalue weighted by Crippen LogP contribution is 2.22. The van der Waals surface area contributed by atoms with E-state index in [4.69, 9.17) is 5.73 Å². The molecule has 1 atom stereocenters. The van der Waals surface area contributed by atoms with Crippen LogP contribution in [0.4, 0.5) is 0 Å². The van der Waals surface area contributed by atoms with Crippen molar-refractivity contribution < 1.29 is 0 Å². The minimum Gasteiger partial charge on any atom is -0.330 e. The summed E-state index contributed by atoms with van der Waals surface area (Å²) < 4.78 is 0. The first-order chi connectivity index (χ1) is 9.10. The first kappa shape index (κ1) is 13.7. The van der Waals surface area contributed by atoms with Gasteiger partial charge in [-0.1, -0.05) is 30.7 Å². The van der Waals surface area contributed by atoms with Gasteiger partial charge in [0.1, 0.15) is 5.82 Å². The number of nitrogens with zero attached hydrogens (tertiary/aromatic N) is 2. The molecular formula is C16H21N3.